The summed E-state index contributed by atoms with van der Waals surface area (Å²) in [7, 11) is 1.35. The average Bonchev–Trinajstić information content (AvgIpc) is 1.65. The Morgan fingerprint density at radius 3 is 1.78 bits per heavy atom. The summed E-state index contributed by atoms with van der Waals surface area (Å²) in [4.78, 5) is 8.56. The van der Waals surface area contributed by atoms with Crippen molar-refractivity contribution in [2.45, 2.75) is 0 Å². The van der Waals surface area contributed by atoms with E-state index in [0.29, 0.717) is 0 Å². The second-order valence-electron chi connectivity index (χ2n) is 0.851. The number of hydrogen-bond acceptors (Lipinski definition) is 3. The van der Waals surface area contributed by atoms with Crippen LogP contribution in [0.5, 0.6) is 0 Å². The van der Waals surface area contributed by atoms with Gasteiger partial charge in [-0.1, -0.05) is 0 Å². The van der Waals surface area contributed by atoms with Gasteiger partial charge in [0.25, 0.3) is 6.02 Å². The van der Waals surface area contributed by atoms with Crippen molar-refractivity contribution < 1.29 is 19.7 Å². The zero-order chi connectivity index (χ0) is 7.86. The van der Waals surface area contributed by atoms with Crippen molar-refractivity contribution in [3.63, 3.8) is 0 Å². The highest BCUT2D eigenvalue weighted by Gasteiger charge is 1.70. The Balaban J connectivity index is 0. The van der Waals surface area contributed by atoms with Gasteiger partial charge in [0, 0.05) is 0 Å². The first kappa shape index (κ1) is 10.5. The zero-order valence-electron chi connectivity index (χ0n) is 4.79. The molecule has 0 unspecified atom stereocenters. The third-order valence-electron chi connectivity index (χ3n) is 0.220. The van der Waals surface area contributed by atoms with E-state index < -0.39 is 6.16 Å². The smallest absolute Gasteiger partial charge is 0.469 e. The molecule has 0 aromatic rings. The molecular weight excluding hydrogens is 128 g/mol. The second kappa shape index (κ2) is 6.54. The minimum absolute atomic E-state index is 0.245. The summed E-state index contributed by atoms with van der Waals surface area (Å²) < 4.78 is 4.11. The summed E-state index contributed by atoms with van der Waals surface area (Å²) in [6.07, 6.45) is -1.83. The number of rotatable bonds is 0. The van der Waals surface area contributed by atoms with E-state index in [2.05, 4.69) is 10.5 Å². The van der Waals surface area contributed by atoms with Gasteiger partial charge in [-0.3, -0.25) is 5.41 Å². The van der Waals surface area contributed by atoms with E-state index in [9.17, 15) is 0 Å². The Hall–Kier alpha value is -1.46. The van der Waals surface area contributed by atoms with Crippen LogP contribution in [0.15, 0.2) is 0 Å². The molecule has 5 N–H and O–H groups in total. The molecular formula is C3H8N2O4. The van der Waals surface area contributed by atoms with Crippen LogP contribution < -0.4 is 5.73 Å². The number of ether oxygens (including phenoxy) is 1. The highest BCUT2D eigenvalue weighted by atomic mass is 16.6. The van der Waals surface area contributed by atoms with Gasteiger partial charge in [-0.15, -0.1) is 0 Å². The van der Waals surface area contributed by atoms with Crippen LogP contribution in [0.4, 0.5) is 4.79 Å². The molecule has 0 spiro atoms. The molecule has 0 rings (SSSR count). The molecule has 9 heavy (non-hydrogen) atoms. The van der Waals surface area contributed by atoms with Crippen LogP contribution in [0.25, 0.3) is 0 Å². The van der Waals surface area contributed by atoms with Gasteiger partial charge < -0.3 is 20.7 Å². The van der Waals surface area contributed by atoms with E-state index in [-0.39, 0.29) is 6.02 Å². The molecule has 0 aromatic heterocycles. The maximum absolute atomic E-state index is 8.56. The number of hydrogen-bond donors (Lipinski definition) is 4. The van der Waals surface area contributed by atoms with E-state index in [0.717, 1.165) is 0 Å². The Kier molecular flexibility index (Phi) is 7.64. The largest absolute Gasteiger partial charge is 0.503 e. The molecule has 0 heterocycles. The Morgan fingerprint density at radius 2 is 1.78 bits per heavy atom. The number of carbonyl (C=O) groups is 1. The third kappa shape index (κ3) is 462. The standard InChI is InChI=1S/C2H6N2O.CH2O3/c1-5-2(3)4;2-1(3)4/h1H3,(H3,3,4);(H2,2,3,4). The molecule has 6 heteroatoms. The van der Waals surface area contributed by atoms with Gasteiger partial charge in [0.15, 0.2) is 0 Å². The van der Waals surface area contributed by atoms with Crippen LogP contribution in [-0.4, -0.2) is 29.5 Å². The average molecular weight is 136 g/mol. The van der Waals surface area contributed by atoms with Crippen molar-refractivity contribution in [1.29, 1.82) is 5.41 Å². The number of nitrogens with two attached hydrogens (primary N) is 1. The minimum atomic E-state index is -1.83. The van der Waals surface area contributed by atoms with Crippen LogP contribution >= 0.6 is 0 Å². The molecule has 0 aliphatic rings. The molecule has 0 saturated carbocycles. The van der Waals surface area contributed by atoms with Crippen LogP contribution in [-0.2, 0) is 4.74 Å². The lowest BCUT2D eigenvalue weighted by Gasteiger charge is -1.85. The fourth-order valence-corrected chi connectivity index (χ4v) is 0. The van der Waals surface area contributed by atoms with Gasteiger partial charge >= 0.3 is 6.16 Å². The van der Waals surface area contributed by atoms with Crippen LogP contribution in [0.1, 0.15) is 0 Å². The van der Waals surface area contributed by atoms with E-state index >= 15 is 0 Å². The van der Waals surface area contributed by atoms with Gasteiger partial charge in [0.1, 0.15) is 0 Å². The van der Waals surface area contributed by atoms with Crippen LogP contribution in [0, 0.1) is 5.41 Å². The lowest BCUT2D eigenvalue weighted by molar-refractivity contribution is 0.137. The maximum atomic E-state index is 8.56. The van der Waals surface area contributed by atoms with Crippen molar-refractivity contribution in [2.24, 2.45) is 5.73 Å². The fraction of sp³-hybridized carbons (Fsp3) is 0.333. The molecule has 0 aliphatic carbocycles. The monoisotopic (exact) mass is 136 g/mol. The van der Waals surface area contributed by atoms with Crippen LogP contribution in [0.2, 0.25) is 0 Å². The minimum Gasteiger partial charge on any atom is -0.469 e. The number of methoxy groups -OCH3 is 1. The number of carboxylic acid groups (broad SMARTS) is 2. The molecule has 0 fully saturated rings. The summed E-state index contributed by atoms with van der Waals surface area (Å²) in [6.45, 7) is 0. The highest BCUT2D eigenvalue weighted by Crippen LogP contribution is 1.50. The topological polar surface area (TPSA) is 117 Å². The first-order valence-corrected chi connectivity index (χ1v) is 1.80. The quantitative estimate of drug-likeness (QED) is 0.270. The fourth-order valence-electron chi connectivity index (χ4n) is 0. The Bertz CT molecular complexity index is 98.0. The lowest BCUT2D eigenvalue weighted by Crippen LogP contribution is -2.10. The first-order valence-electron chi connectivity index (χ1n) is 1.80. The molecule has 0 radical (unpaired) electrons. The summed E-state index contributed by atoms with van der Waals surface area (Å²) in [5.41, 5.74) is 4.65. The van der Waals surface area contributed by atoms with E-state index in [1.54, 1.807) is 0 Å². The third-order valence-corrected chi connectivity index (χ3v) is 0.220. The number of nitrogens with one attached hydrogen (secondary N) is 1. The predicted molar refractivity (Wildman–Crippen MR) is 29.6 cm³/mol. The van der Waals surface area contributed by atoms with Crippen molar-refractivity contribution in [3.8, 4) is 0 Å². The Morgan fingerprint density at radius 1 is 1.67 bits per heavy atom. The van der Waals surface area contributed by atoms with Gasteiger partial charge in [0.05, 0.1) is 7.11 Å². The van der Waals surface area contributed by atoms with E-state index in [1.807, 2.05) is 0 Å². The highest BCUT2D eigenvalue weighted by molar-refractivity contribution is 5.67. The van der Waals surface area contributed by atoms with Gasteiger partial charge in [-0.2, -0.15) is 0 Å². The molecule has 0 aliphatic heterocycles. The SMILES string of the molecule is COC(=N)N.O=C(O)O. The zero-order valence-corrected chi connectivity index (χ0v) is 4.79. The predicted octanol–water partition coefficient (Wildman–Crippen LogP) is -0.251. The van der Waals surface area contributed by atoms with Crippen molar-refractivity contribution in [1.82, 2.24) is 0 Å². The second-order valence-corrected chi connectivity index (χ2v) is 0.851. The first-order chi connectivity index (χ1) is 4.00. The molecule has 6 nitrogen and oxygen atoms in total. The van der Waals surface area contributed by atoms with Crippen molar-refractivity contribution in [3.05, 3.63) is 0 Å². The summed E-state index contributed by atoms with van der Waals surface area (Å²) in [5.74, 6) is 0. The van der Waals surface area contributed by atoms with Gasteiger partial charge in [-0.25, -0.2) is 4.79 Å². The summed E-state index contributed by atoms with van der Waals surface area (Å²) in [6, 6.07) is -0.245. The molecule has 0 bridgehead atoms. The summed E-state index contributed by atoms with van der Waals surface area (Å²) >= 11 is 0. The molecule has 0 aromatic carbocycles. The molecule has 0 amide bonds. The molecule has 0 atom stereocenters. The van der Waals surface area contributed by atoms with E-state index in [1.165, 1.54) is 7.11 Å². The lowest BCUT2D eigenvalue weighted by atomic mass is 11.2. The maximum Gasteiger partial charge on any atom is 0.503 e. The molecule has 54 valence electrons. The summed E-state index contributed by atoms with van der Waals surface area (Å²) in [5, 5.41) is 20.2. The van der Waals surface area contributed by atoms with Crippen LogP contribution in [0.3, 0.4) is 0 Å². The van der Waals surface area contributed by atoms with Crippen molar-refractivity contribution >= 4 is 12.2 Å². The van der Waals surface area contributed by atoms with Gasteiger partial charge in [0.2, 0.25) is 0 Å². The van der Waals surface area contributed by atoms with Gasteiger partial charge in [-0.05, 0) is 0 Å². The normalized spacial score (nSPS) is 6.33. The number of amidine groups is 1. The van der Waals surface area contributed by atoms with Crippen molar-refractivity contribution in [2.75, 3.05) is 7.11 Å². The van der Waals surface area contributed by atoms with E-state index in [4.69, 9.17) is 20.4 Å². The molecule has 0 saturated heterocycles. The Labute approximate surface area is 51.4 Å².